The van der Waals surface area contributed by atoms with Crippen molar-refractivity contribution < 1.29 is 4.74 Å². The number of hydrogen-bond donors (Lipinski definition) is 2. The average Bonchev–Trinajstić information content (AvgIpc) is 3.31. The Labute approximate surface area is 171 Å². The number of nitrogens with one attached hydrogen (secondary N) is 2. The van der Waals surface area contributed by atoms with Crippen molar-refractivity contribution in [3.05, 3.63) is 78.5 Å². The van der Waals surface area contributed by atoms with Gasteiger partial charge in [-0.2, -0.15) is 0 Å². The molecule has 3 rings (SSSR count). The summed E-state index contributed by atoms with van der Waals surface area (Å²) in [5.74, 6) is 1.61. The smallest absolute Gasteiger partial charge is 0.191 e. The molecule has 0 aliphatic carbocycles. The first-order chi connectivity index (χ1) is 14.3. The van der Waals surface area contributed by atoms with Gasteiger partial charge in [0.05, 0.1) is 6.10 Å². The van der Waals surface area contributed by atoms with Crippen LogP contribution >= 0.6 is 0 Å². The van der Waals surface area contributed by atoms with Gasteiger partial charge in [-0.05, 0) is 30.5 Å². The van der Waals surface area contributed by atoms with Crippen molar-refractivity contribution in [3.63, 3.8) is 0 Å². The second-order valence-corrected chi connectivity index (χ2v) is 6.62. The van der Waals surface area contributed by atoms with Crippen LogP contribution in [-0.2, 0) is 11.3 Å². The summed E-state index contributed by atoms with van der Waals surface area (Å²) >= 11 is 0. The summed E-state index contributed by atoms with van der Waals surface area (Å²) in [6.07, 6.45) is 8.20. The Morgan fingerprint density at radius 2 is 2.03 bits per heavy atom. The fourth-order valence-corrected chi connectivity index (χ4v) is 2.83. The third-order valence-corrected chi connectivity index (χ3v) is 4.51. The van der Waals surface area contributed by atoms with Crippen molar-refractivity contribution in [2.75, 3.05) is 20.2 Å². The summed E-state index contributed by atoms with van der Waals surface area (Å²) in [4.78, 5) is 12.8. The molecule has 152 valence electrons. The van der Waals surface area contributed by atoms with E-state index >= 15 is 0 Å². The van der Waals surface area contributed by atoms with Crippen LogP contribution in [0.1, 0.15) is 30.6 Å². The van der Waals surface area contributed by atoms with Gasteiger partial charge < -0.3 is 15.4 Å². The first kappa shape index (κ1) is 20.5. The molecular formula is C22H28N6O. The van der Waals surface area contributed by atoms with E-state index in [1.807, 2.05) is 47.3 Å². The molecule has 0 aliphatic rings. The number of benzene rings is 1. The molecule has 0 bridgehead atoms. The molecule has 1 aromatic carbocycles. The van der Waals surface area contributed by atoms with Crippen LogP contribution in [-0.4, -0.2) is 40.7 Å². The first-order valence-electron chi connectivity index (χ1n) is 9.80. The van der Waals surface area contributed by atoms with Gasteiger partial charge in [-0.3, -0.25) is 9.56 Å². The zero-order valence-corrected chi connectivity index (χ0v) is 17.0. The Bertz CT molecular complexity index is 862. The first-order valence-corrected chi connectivity index (χ1v) is 9.80. The maximum atomic E-state index is 5.90. The molecule has 2 N–H and O–H groups in total. The van der Waals surface area contributed by atoms with Gasteiger partial charge >= 0.3 is 0 Å². The predicted molar refractivity (Wildman–Crippen MR) is 115 cm³/mol. The van der Waals surface area contributed by atoms with Gasteiger partial charge in [-0.15, -0.1) is 0 Å². The van der Waals surface area contributed by atoms with E-state index in [9.17, 15) is 0 Å². The highest BCUT2D eigenvalue weighted by Crippen LogP contribution is 2.15. The van der Waals surface area contributed by atoms with Crippen molar-refractivity contribution in [3.8, 4) is 5.82 Å². The Hall–Kier alpha value is -3.19. The lowest BCUT2D eigenvalue weighted by Gasteiger charge is -2.15. The van der Waals surface area contributed by atoms with Crippen LogP contribution in [0, 0.1) is 0 Å². The molecule has 0 fully saturated rings. The van der Waals surface area contributed by atoms with E-state index in [2.05, 4.69) is 44.7 Å². The normalized spacial score (nSPS) is 12.6. The van der Waals surface area contributed by atoms with Gasteiger partial charge in [-0.1, -0.05) is 36.4 Å². The van der Waals surface area contributed by atoms with E-state index in [0.717, 1.165) is 30.3 Å². The molecule has 7 nitrogen and oxygen atoms in total. The third-order valence-electron chi connectivity index (χ3n) is 4.51. The molecule has 1 unspecified atom stereocenters. The average molecular weight is 393 g/mol. The van der Waals surface area contributed by atoms with Gasteiger partial charge in [0.15, 0.2) is 5.96 Å². The number of hydrogen-bond acceptors (Lipinski definition) is 4. The summed E-state index contributed by atoms with van der Waals surface area (Å²) in [6.45, 7) is 4.21. The number of nitrogens with zero attached hydrogens (tertiary/aromatic N) is 4. The number of aliphatic imine (C=N–C) groups is 1. The van der Waals surface area contributed by atoms with Crippen molar-refractivity contribution in [1.82, 2.24) is 25.2 Å². The summed E-state index contributed by atoms with van der Waals surface area (Å²) in [5, 5.41) is 6.62. The van der Waals surface area contributed by atoms with Crippen LogP contribution < -0.4 is 10.6 Å². The van der Waals surface area contributed by atoms with Crippen LogP contribution in [0.15, 0.2) is 72.4 Å². The molecule has 3 aromatic rings. The lowest BCUT2D eigenvalue weighted by Crippen LogP contribution is -2.37. The zero-order chi connectivity index (χ0) is 20.3. The van der Waals surface area contributed by atoms with Gasteiger partial charge in [0.1, 0.15) is 12.1 Å². The molecule has 7 heteroatoms. The highest BCUT2D eigenvalue weighted by atomic mass is 16.5. The summed E-state index contributed by atoms with van der Waals surface area (Å²) in [7, 11) is 1.77. The highest BCUT2D eigenvalue weighted by Gasteiger charge is 2.05. The molecule has 0 amide bonds. The fraction of sp³-hybridized carbons (Fsp3) is 0.318. The molecular weight excluding hydrogens is 364 g/mol. The molecule has 2 aromatic heterocycles. The van der Waals surface area contributed by atoms with Gasteiger partial charge in [-0.25, -0.2) is 9.97 Å². The standard InChI is InChI=1S/C22H28N6O/c1-18(20-7-4-3-5-8-20)29-14-6-11-25-22(23-2)27-16-19-9-10-21(26-15-19)28-13-12-24-17-28/h3-5,7-10,12-13,15,17-18H,6,11,14,16H2,1-2H3,(H2,23,25,27). The largest absolute Gasteiger partial charge is 0.374 e. The monoisotopic (exact) mass is 392 g/mol. The fourth-order valence-electron chi connectivity index (χ4n) is 2.83. The number of ether oxygens (including phenoxy) is 1. The van der Waals surface area contributed by atoms with Crippen molar-refractivity contribution in [1.29, 1.82) is 0 Å². The van der Waals surface area contributed by atoms with Gasteiger partial charge in [0, 0.05) is 45.3 Å². The molecule has 0 aliphatic heterocycles. The van der Waals surface area contributed by atoms with Crippen LogP contribution in [0.25, 0.3) is 5.82 Å². The molecule has 1 atom stereocenters. The number of aromatic nitrogens is 3. The van der Waals surface area contributed by atoms with Crippen molar-refractivity contribution in [2.45, 2.75) is 26.0 Å². The minimum atomic E-state index is 0.103. The quantitative estimate of drug-likeness (QED) is 0.332. The summed E-state index contributed by atoms with van der Waals surface area (Å²) < 4.78 is 7.77. The second kappa shape index (κ2) is 11.0. The molecule has 29 heavy (non-hydrogen) atoms. The number of imidazole rings is 1. The van der Waals surface area contributed by atoms with E-state index in [-0.39, 0.29) is 6.10 Å². The minimum Gasteiger partial charge on any atom is -0.374 e. The van der Waals surface area contributed by atoms with Crippen LogP contribution in [0.5, 0.6) is 0 Å². The van der Waals surface area contributed by atoms with E-state index in [1.165, 1.54) is 5.56 Å². The molecule has 0 radical (unpaired) electrons. The molecule has 2 heterocycles. The Balaban J connectivity index is 1.34. The van der Waals surface area contributed by atoms with Crippen LogP contribution in [0.2, 0.25) is 0 Å². The Kier molecular flexibility index (Phi) is 7.77. The maximum absolute atomic E-state index is 5.90. The molecule has 0 saturated heterocycles. The van der Waals surface area contributed by atoms with E-state index in [4.69, 9.17) is 4.74 Å². The van der Waals surface area contributed by atoms with Crippen LogP contribution in [0.4, 0.5) is 0 Å². The highest BCUT2D eigenvalue weighted by molar-refractivity contribution is 5.79. The van der Waals surface area contributed by atoms with Crippen LogP contribution in [0.3, 0.4) is 0 Å². The topological polar surface area (TPSA) is 76.4 Å². The number of guanidine groups is 1. The van der Waals surface area contributed by atoms with Gasteiger partial charge in [0.25, 0.3) is 0 Å². The van der Waals surface area contributed by atoms with Crippen molar-refractivity contribution in [2.24, 2.45) is 4.99 Å². The summed E-state index contributed by atoms with van der Waals surface area (Å²) in [5.41, 5.74) is 2.28. The molecule has 0 saturated carbocycles. The zero-order valence-electron chi connectivity index (χ0n) is 17.0. The second-order valence-electron chi connectivity index (χ2n) is 6.62. The summed E-state index contributed by atoms with van der Waals surface area (Å²) in [6, 6.07) is 14.3. The SMILES string of the molecule is CN=C(NCCCOC(C)c1ccccc1)NCc1ccc(-n2ccnc2)nc1. The van der Waals surface area contributed by atoms with E-state index < -0.39 is 0 Å². The Morgan fingerprint density at radius 1 is 1.17 bits per heavy atom. The lowest BCUT2D eigenvalue weighted by molar-refractivity contribution is 0.0646. The number of rotatable bonds is 9. The predicted octanol–water partition coefficient (Wildman–Crippen LogP) is 3.10. The van der Waals surface area contributed by atoms with Gasteiger partial charge in [0.2, 0.25) is 0 Å². The molecule has 0 spiro atoms. The van der Waals surface area contributed by atoms with E-state index in [0.29, 0.717) is 13.2 Å². The maximum Gasteiger partial charge on any atom is 0.191 e. The van der Waals surface area contributed by atoms with Crippen molar-refractivity contribution >= 4 is 5.96 Å². The Morgan fingerprint density at radius 3 is 2.72 bits per heavy atom. The van der Waals surface area contributed by atoms with E-state index in [1.54, 1.807) is 19.6 Å². The lowest BCUT2D eigenvalue weighted by atomic mass is 10.1. The minimum absolute atomic E-state index is 0.103. The number of pyridine rings is 1. The third kappa shape index (κ3) is 6.43.